The van der Waals surface area contributed by atoms with Crippen LogP contribution in [-0.2, 0) is 7.05 Å². The molecule has 1 N–H and O–H groups in total. The molecule has 0 unspecified atom stereocenters. The quantitative estimate of drug-likeness (QED) is 0.835. The molecule has 0 aromatic carbocycles. The number of aromatic nitrogens is 3. The van der Waals surface area contributed by atoms with Gasteiger partial charge in [-0.1, -0.05) is 11.3 Å². The summed E-state index contributed by atoms with van der Waals surface area (Å²) < 4.78 is 2.58. The Labute approximate surface area is 92.5 Å². The molecule has 0 saturated heterocycles. The fourth-order valence-electron chi connectivity index (χ4n) is 1.28. The van der Waals surface area contributed by atoms with E-state index in [2.05, 4.69) is 44.6 Å². The van der Waals surface area contributed by atoms with Gasteiger partial charge in [-0.3, -0.25) is 0 Å². The molecule has 1 rings (SSSR count). The van der Waals surface area contributed by atoms with E-state index in [1.807, 2.05) is 14.1 Å². The SMILES string of the molecule is CNCC/C=C(/C)c1c(Br)nnn1C. The highest BCUT2D eigenvalue weighted by Gasteiger charge is 2.08. The lowest BCUT2D eigenvalue weighted by atomic mass is 10.2. The van der Waals surface area contributed by atoms with Crippen LogP contribution in [-0.4, -0.2) is 28.6 Å². The molecule has 14 heavy (non-hydrogen) atoms. The van der Waals surface area contributed by atoms with Gasteiger partial charge in [0.05, 0.1) is 5.69 Å². The number of hydrogen-bond acceptors (Lipinski definition) is 3. The number of nitrogens with zero attached hydrogens (tertiary/aromatic N) is 3. The second-order valence-electron chi connectivity index (χ2n) is 3.13. The highest BCUT2D eigenvalue weighted by atomic mass is 79.9. The summed E-state index contributed by atoms with van der Waals surface area (Å²) in [5.74, 6) is 0. The number of rotatable bonds is 4. The van der Waals surface area contributed by atoms with Crippen molar-refractivity contribution in [2.75, 3.05) is 13.6 Å². The van der Waals surface area contributed by atoms with Crippen LogP contribution in [0.25, 0.3) is 5.57 Å². The van der Waals surface area contributed by atoms with Crippen LogP contribution in [0, 0.1) is 0 Å². The molecule has 0 amide bonds. The first-order valence-corrected chi connectivity index (χ1v) is 5.33. The van der Waals surface area contributed by atoms with Gasteiger partial charge >= 0.3 is 0 Å². The molecular weight excluding hydrogens is 244 g/mol. The van der Waals surface area contributed by atoms with E-state index in [9.17, 15) is 0 Å². The van der Waals surface area contributed by atoms with Gasteiger partial charge in [0.1, 0.15) is 0 Å². The van der Waals surface area contributed by atoms with E-state index in [4.69, 9.17) is 0 Å². The monoisotopic (exact) mass is 258 g/mol. The van der Waals surface area contributed by atoms with Crippen molar-refractivity contribution in [3.8, 4) is 0 Å². The average Bonchev–Trinajstić information content (AvgIpc) is 2.46. The van der Waals surface area contributed by atoms with Crippen LogP contribution >= 0.6 is 15.9 Å². The van der Waals surface area contributed by atoms with Crippen molar-refractivity contribution in [1.82, 2.24) is 20.3 Å². The number of hydrogen-bond donors (Lipinski definition) is 1. The van der Waals surface area contributed by atoms with Gasteiger partial charge in [0.15, 0.2) is 4.60 Å². The molecule has 0 saturated carbocycles. The van der Waals surface area contributed by atoms with Crippen molar-refractivity contribution < 1.29 is 0 Å². The summed E-state index contributed by atoms with van der Waals surface area (Å²) in [5, 5.41) is 11.0. The minimum absolute atomic E-state index is 0.804. The Morgan fingerprint density at radius 2 is 2.36 bits per heavy atom. The maximum absolute atomic E-state index is 3.94. The van der Waals surface area contributed by atoms with Crippen LogP contribution in [0.5, 0.6) is 0 Å². The minimum Gasteiger partial charge on any atom is -0.319 e. The van der Waals surface area contributed by atoms with E-state index in [-0.39, 0.29) is 0 Å². The molecule has 1 heterocycles. The zero-order valence-electron chi connectivity index (χ0n) is 8.71. The standard InChI is InChI=1S/C9H15BrN4/c1-7(5-4-6-11-2)8-9(10)12-13-14(8)3/h5,11H,4,6H2,1-3H3/b7-5-. The third kappa shape index (κ3) is 2.65. The van der Waals surface area contributed by atoms with Crippen LogP contribution in [0.4, 0.5) is 0 Å². The maximum Gasteiger partial charge on any atom is 0.155 e. The van der Waals surface area contributed by atoms with Gasteiger partial charge in [-0.2, -0.15) is 0 Å². The second-order valence-corrected chi connectivity index (χ2v) is 3.88. The van der Waals surface area contributed by atoms with Crippen LogP contribution in [0.1, 0.15) is 19.0 Å². The van der Waals surface area contributed by atoms with E-state index in [0.29, 0.717) is 0 Å². The summed E-state index contributed by atoms with van der Waals surface area (Å²) >= 11 is 3.38. The lowest BCUT2D eigenvalue weighted by Crippen LogP contribution is -2.06. The summed E-state index contributed by atoms with van der Waals surface area (Å²) in [6.07, 6.45) is 3.19. The van der Waals surface area contributed by atoms with Gasteiger partial charge in [0, 0.05) is 7.05 Å². The van der Waals surface area contributed by atoms with Crippen molar-refractivity contribution in [2.24, 2.45) is 7.05 Å². The van der Waals surface area contributed by atoms with Crippen molar-refractivity contribution in [3.05, 3.63) is 16.4 Å². The Kier molecular flexibility index (Phi) is 4.28. The smallest absolute Gasteiger partial charge is 0.155 e. The van der Waals surface area contributed by atoms with Crippen LogP contribution in [0.3, 0.4) is 0 Å². The molecule has 0 aliphatic rings. The predicted molar refractivity (Wildman–Crippen MR) is 60.9 cm³/mol. The number of allylic oxidation sites excluding steroid dienone is 1. The molecule has 5 heteroatoms. The summed E-state index contributed by atoms with van der Waals surface area (Å²) in [4.78, 5) is 0. The first kappa shape index (κ1) is 11.4. The van der Waals surface area contributed by atoms with E-state index in [1.165, 1.54) is 5.57 Å². The molecule has 0 spiro atoms. The zero-order valence-corrected chi connectivity index (χ0v) is 10.3. The van der Waals surface area contributed by atoms with E-state index in [1.54, 1.807) is 4.68 Å². The molecule has 0 aliphatic carbocycles. The van der Waals surface area contributed by atoms with Crippen molar-refractivity contribution in [1.29, 1.82) is 0 Å². The Hall–Kier alpha value is -0.680. The topological polar surface area (TPSA) is 42.7 Å². The van der Waals surface area contributed by atoms with E-state index >= 15 is 0 Å². The number of halogens is 1. The summed E-state index contributed by atoms with van der Waals surface area (Å²) in [5.41, 5.74) is 2.24. The van der Waals surface area contributed by atoms with Crippen molar-refractivity contribution in [3.63, 3.8) is 0 Å². The van der Waals surface area contributed by atoms with Gasteiger partial charge in [-0.25, -0.2) is 4.68 Å². The van der Waals surface area contributed by atoms with Crippen molar-refractivity contribution >= 4 is 21.5 Å². The average molecular weight is 259 g/mol. The molecule has 4 nitrogen and oxygen atoms in total. The Balaban J connectivity index is 2.77. The molecule has 0 aliphatic heterocycles. The number of nitrogens with one attached hydrogen (secondary N) is 1. The third-order valence-corrected chi connectivity index (χ3v) is 2.54. The minimum atomic E-state index is 0.804. The number of aryl methyl sites for hydroxylation is 1. The van der Waals surface area contributed by atoms with Crippen molar-refractivity contribution in [2.45, 2.75) is 13.3 Å². The largest absolute Gasteiger partial charge is 0.319 e. The lowest BCUT2D eigenvalue weighted by Gasteiger charge is -2.01. The van der Waals surface area contributed by atoms with Gasteiger partial charge < -0.3 is 5.32 Å². The second kappa shape index (κ2) is 5.26. The molecule has 78 valence electrons. The maximum atomic E-state index is 3.94. The summed E-state index contributed by atoms with van der Waals surface area (Å²) in [6.45, 7) is 3.05. The Morgan fingerprint density at radius 1 is 1.64 bits per heavy atom. The molecule has 1 aromatic heterocycles. The molecule has 0 bridgehead atoms. The molecule has 0 fully saturated rings. The van der Waals surface area contributed by atoms with E-state index in [0.717, 1.165) is 23.3 Å². The van der Waals surface area contributed by atoms with E-state index < -0.39 is 0 Å². The van der Waals surface area contributed by atoms with Gasteiger partial charge in [0.2, 0.25) is 0 Å². The Bertz CT molecular complexity index is 310. The zero-order chi connectivity index (χ0) is 10.6. The van der Waals surface area contributed by atoms with Gasteiger partial charge in [-0.05, 0) is 48.4 Å². The first-order valence-electron chi connectivity index (χ1n) is 4.53. The fourth-order valence-corrected chi connectivity index (χ4v) is 1.92. The summed E-state index contributed by atoms with van der Waals surface area (Å²) in [6, 6.07) is 0. The molecule has 0 radical (unpaired) electrons. The lowest BCUT2D eigenvalue weighted by molar-refractivity contribution is 0.706. The van der Waals surface area contributed by atoms with Crippen LogP contribution in [0.2, 0.25) is 0 Å². The Morgan fingerprint density at radius 3 is 2.86 bits per heavy atom. The van der Waals surface area contributed by atoms with Crippen LogP contribution < -0.4 is 5.32 Å². The first-order chi connectivity index (χ1) is 6.66. The fraction of sp³-hybridized carbons (Fsp3) is 0.556. The highest BCUT2D eigenvalue weighted by molar-refractivity contribution is 9.10. The van der Waals surface area contributed by atoms with Gasteiger partial charge in [0.25, 0.3) is 0 Å². The highest BCUT2D eigenvalue weighted by Crippen LogP contribution is 2.20. The molecular formula is C9H15BrN4. The predicted octanol–water partition coefficient (Wildman–Crippen LogP) is 1.59. The van der Waals surface area contributed by atoms with Crippen LogP contribution in [0.15, 0.2) is 10.7 Å². The molecule has 0 atom stereocenters. The summed E-state index contributed by atoms with van der Waals surface area (Å²) in [7, 11) is 3.84. The normalized spacial score (nSPS) is 12.1. The molecule has 1 aromatic rings. The third-order valence-electron chi connectivity index (χ3n) is 2.00. The van der Waals surface area contributed by atoms with Gasteiger partial charge in [-0.15, -0.1) is 5.10 Å².